The number of carbonyl (C=O) groups is 1. The Morgan fingerprint density at radius 3 is 2.43 bits per heavy atom. The fourth-order valence-electron chi connectivity index (χ4n) is 2.79. The number of ether oxygens (including phenoxy) is 1. The molecule has 9 heteroatoms. The van der Waals surface area contributed by atoms with Crippen molar-refractivity contribution in [2.45, 2.75) is 12.3 Å². The van der Waals surface area contributed by atoms with Crippen LogP contribution in [0.3, 0.4) is 0 Å². The molecule has 0 spiro atoms. The monoisotopic (exact) mass is 411 g/mol. The van der Waals surface area contributed by atoms with Gasteiger partial charge in [0.05, 0.1) is 17.8 Å². The molecule has 5 nitrogen and oxygen atoms in total. The summed E-state index contributed by atoms with van der Waals surface area (Å²) in [5.41, 5.74) is 1.02. The van der Waals surface area contributed by atoms with E-state index in [1.807, 2.05) is 12.1 Å². The summed E-state index contributed by atoms with van der Waals surface area (Å²) in [4.78, 5) is 12.2. The van der Waals surface area contributed by atoms with Crippen molar-refractivity contribution in [3.05, 3.63) is 64.7 Å². The van der Waals surface area contributed by atoms with Crippen LogP contribution in [0.1, 0.15) is 11.1 Å². The van der Waals surface area contributed by atoms with Crippen molar-refractivity contribution in [1.82, 2.24) is 5.01 Å². The summed E-state index contributed by atoms with van der Waals surface area (Å²) in [6.45, 7) is 0.326. The third-order valence-corrected chi connectivity index (χ3v) is 4.43. The largest absolute Gasteiger partial charge is 0.416 e. The molecule has 1 heterocycles. The van der Waals surface area contributed by atoms with Gasteiger partial charge in [0, 0.05) is 23.4 Å². The Bertz CT molecular complexity index is 867. The minimum absolute atomic E-state index is 0.0576. The minimum atomic E-state index is -4.42. The van der Waals surface area contributed by atoms with E-state index < -0.39 is 17.6 Å². The van der Waals surface area contributed by atoms with Gasteiger partial charge in [-0.2, -0.15) is 18.3 Å². The lowest BCUT2D eigenvalue weighted by atomic mass is 10.1. The molecule has 1 aliphatic rings. The number of alkyl halides is 3. The maximum atomic E-state index is 12.6. The lowest BCUT2D eigenvalue weighted by Gasteiger charge is -2.15. The minimum Gasteiger partial charge on any atom is -0.373 e. The van der Waals surface area contributed by atoms with Crippen LogP contribution in [0.15, 0.2) is 53.6 Å². The van der Waals surface area contributed by atoms with Crippen molar-refractivity contribution >= 4 is 28.9 Å². The number of benzene rings is 2. The zero-order valence-corrected chi connectivity index (χ0v) is 15.6. The first-order chi connectivity index (χ1) is 13.3. The van der Waals surface area contributed by atoms with Crippen LogP contribution in [0.2, 0.25) is 5.02 Å². The molecule has 28 heavy (non-hydrogen) atoms. The van der Waals surface area contributed by atoms with Crippen LogP contribution in [-0.2, 0) is 15.7 Å². The summed E-state index contributed by atoms with van der Waals surface area (Å²) < 4.78 is 43.2. The van der Waals surface area contributed by atoms with Gasteiger partial charge in [0.1, 0.15) is 12.6 Å². The van der Waals surface area contributed by atoms with Crippen LogP contribution < -0.4 is 5.32 Å². The Morgan fingerprint density at radius 1 is 1.21 bits per heavy atom. The van der Waals surface area contributed by atoms with Gasteiger partial charge in [-0.05, 0) is 36.4 Å². The highest BCUT2D eigenvalue weighted by atomic mass is 35.5. The SMILES string of the molecule is COC1CN(CC(=O)Nc2ccc(C(F)(F)F)cc2)N=C1c1ccc(Cl)cc1. The quantitative estimate of drug-likeness (QED) is 0.808. The molecule has 0 aromatic heterocycles. The molecule has 0 aliphatic carbocycles. The summed E-state index contributed by atoms with van der Waals surface area (Å²) in [5.74, 6) is -0.393. The molecule has 1 amide bonds. The Labute approximate surface area is 164 Å². The molecule has 148 valence electrons. The van der Waals surface area contributed by atoms with Crippen LogP contribution in [-0.4, -0.2) is 42.9 Å². The van der Waals surface area contributed by atoms with E-state index in [4.69, 9.17) is 16.3 Å². The van der Waals surface area contributed by atoms with Gasteiger partial charge < -0.3 is 10.1 Å². The fraction of sp³-hybridized carbons (Fsp3) is 0.263. The molecule has 3 rings (SSSR count). The van der Waals surface area contributed by atoms with E-state index in [9.17, 15) is 18.0 Å². The molecule has 0 saturated carbocycles. The first-order valence-corrected chi connectivity index (χ1v) is 8.73. The topological polar surface area (TPSA) is 53.9 Å². The van der Waals surface area contributed by atoms with Crippen LogP contribution in [0, 0.1) is 0 Å². The lowest BCUT2D eigenvalue weighted by molar-refractivity contribution is -0.137. The summed E-state index contributed by atoms with van der Waals surface area (Å²) in [5, 5.41) is 9.16. The van der Waals surface area contributed by atoms with Crippen molar-refractivity contribution in [2.75, 3.05) is 25.5 Å². The molecule has 1 unspecified atom stereocenters. The van der Waals surface area contributed by atoms with Gasteiger partial charge in [0.15, 0.2) is 0 Å². The third kappa shape index (κ3) is 4.82. The zero-order valence-electron chi connectivity index (χ0n) is 14.8. The van der Waals surface area contributed by atoms with Crippen molar-refractivity contribution in [3.63, 3.8) is 0 Å². The van der Waals surface area contributed by atoms with Crippen LogP contribution in [0.5, 0.6) is 0 Å². The highest BCUT2D eigenvalue weighted by molar-refractivity contribution is 6.30. The summed E-state index contributed by atoms with van der Waals surface area (Å²) in [6.07, 6.45) is -4.72. The molecule has 0 radical (unpaired) electrons. The first-order valence-electron chi connectivity index (χ1n) is 8.35. The maximum absolute atomic E-state index is 12.6. The van der Waals surface area contributed by atoms with Gasteiger partial charge in [0.2, 0.25) is 5.91 Å². The molecule has 2 aromatic rings. The number of hydrogen-bond donors (Lipinski definition) is 1. The predicted molar refractivity (Wildman–Crippen MR) is 100 cm³/mol. The number of hydrogen-bond acceptors (Lipinski definition) is 4. The Kier molecular flexibility index (Phi) is 5.90. The molecule has 0 saturated heterocycles. The van der Waals surface area contributed by atoms with Gasteiger partial charge in [-0.25, -0.2) is 0 Å². The standard InChI is InChI=1S/C19H17ClF3N3O2/c1-28-16-10-26(25-18(16)12-2-6-14(20)7-3-12)11-17(27)24-15-8-4-13(5-9-15)19(21,22)23/h2-9,16H,10-11H2,1H3,(H,24,27). The zero-order chi connectivity index (χ0) is 20.3. The first kappa shape index (κ1) is 20.2. The number of rotatable bonds is 5. The number of carbonyl (C=O) groups excluding carboxylic acids is 1. The molecular formula is C19H17ClF3N3O2. The molecule has 1 atom stereocenters. The van der Waals surface area contributed by atoms with Crippen LogP contribution in [0.4, 0.5) is 18.9 Å². The van der Waals surface area contributed by atoms with Gasteiger partial charge in [-0.3, -0.25) is 9.80 Å². The number of nitrogens with one attached hydrogen (secondary N) is 1. The summed E-state index contributed by atoms with van der Waals surface area (Å²) in [6, 6.07) is 11.4. The van der Waals surface area contributed by atoms with Crippen molar-refractivity contribution in [1.29, 1.82) is 0 Å². The van der Waals surface area contributed by atoms with Gasteiger partial charge >= 0.3 is 6.18 Å². The highest BCUT2D eigenvalue weighted by Gasteiger charge is 2.30. The normalized spacial score (nSPS) is 16.8. The van der Waals surface area contributed by atoms with E-state index >= 15 is 0 Å². The molecule has 1 aliphatic heterocycles. The second kappa shape index (κ2) is 8.20. The molecular weight excluding hydrogens is 395 g/mol. The smallest absolute Gasteiger partial charge is 0.373 e. The van der Waals surface area contributed by atoms with Crippen molar-refractivity contribution in [2.24, 2.45) is 5.10 Å². The van der Waals surface area contributed by atoms with Crippen molar-refractivity contribution in [3.8, 4) is 0 Å². The fourth-order valence-corrected chi connectivity index (χ4v) is 2.92. The maximum Gasteiger partial charge on any atom is 0.416 e. The van der Waals surface area contributed by atoms with Crippen LogP contribution in [0.25, 0.3) is 0 Å². The predicted octanol–water partition coefficient (Wildman–Crippen LogP) is 4.03. The molecule has 0 fully saturated rings. The van der Waals surface area contributed by atoms with Gasteiger partial charge in [-0.1, -0.05) is 23.7 Å². The van der Waals surface area contributed by atoms with Crippen LogP contribution >= 0.6 is 11.6 Å². The molecule has 0 bridgehead atoms. The summed E-state index contributed by atoms with van der Waals surface area (Å²) in [7, 11) is 1.56. The van der Waals surface area contributed by atoms with E-state index in [1.54, 1.807) is 24.3 Å². The lowest BCUT2D eigenvalue weighted by Crippen LogP contribution is -2.32. The summed E-state index contributed by atoms with van der Waals surface area (Å²) >= 11 is 5.90. The average Bonchev–Trinajstić information content (AvgIpc) is 3.04. The average molecular weight is 412 g/mol. The Hall–Kier alpha value is -2.58. The third-order valence-electron chi connectivity index (χ3n) is 4.18. The highest BCUT2D eigenvalue weighted by Crippen LogP contribution is 2.29. The van der Waals surface area contributed by atoms with Crippen molar-refractivity contribution < 1.29 is 22.7 Å². The molecule has 1 N–H and O–H groups in total. The van der Waals surface area contributed by atoms with Gasteiger partial charge in [-0.15, -0.1) is 0 Å². The second-order valence-corrected chi connectivity index (χ2v) is 6.62. The number of hydrazone groups is 1. The number of anilines is 1. The second-order valence-electron chi connectivity index (χ2n) is 6.19. The van der Waals surface area contributed by atoms with E-state index in [0.29, 0.717) is 17.3 Å². The number of nitrogens with zero attached hydrogens (tertiary/aromatic N) is 2. The van der Waals surface area contributed by atoms with Gasteiger partial charge in [0.25, 0.3) is 0 Å². The van der Waals surface area contributed by atoms with E-state index in [1.165, 1.54) is 12.1 Å². The number of methoxy groups -OCH3 is 1. The number of amides is 1. The Morgan fingerprint density at radius 2 is 1.86 bits per heavy atom. The van der Waals surface area contributed by atoms with E-state index in [0.717, 1.165) is 17.7 Å². The number of halogens is 4. The Balaban J connectivity index is 1.64. The van der Waals surface area contributed by atoms with E-state index in [-0.39, 0.29) is 18.3 Å². The van der Waals surface area contributed by atoms with E-state index in [2.05, 4.69) is 10.4 Å². The molecule has 2 aromatic carbocycles.